The molecule has 0 bridgehead atoms. The lowest BCUT2D eigenvalue weighted by Gasteiger charge is -2.03. The van der Waals surface area contributed by atoms with Gasteiger partial charge in [-0.05, 0) is 24.3 Å². The van der Waals surface area contributed by atoms with Crippen molar-refractivity contribution in [1.29, 1.82) is 0 Å². The highest BCUT2D eigenvalue weighted by atomic mass is 19.1. The first-order valence-corrected chi connectivity index (χ1v) is 4.26. The van der Waals surface area contributed by atoms with E-state index in [-0.39, 0.29) is 12.5 Å². The molecule has 0 aliphatic rings. The van der Waals surface area contributed by atoms with Gasteiger partial charge in [0.25, 0.3) is 5.91 Å². The van der Waals surface area contributed by atoms with Crippen molar-refractivity contribution in [2.45, 2.75) is 0 Å². The Hall–Kier alpha value is -1.58. The second-order valence-corrected chi connectivity index (χ2v) is 2.67. The zero-order valence-electron chi connectivity index (χ0n) is 7.92. The first-order chi connectivity index (χ1) is 6.77. The number of carbonyl (C=O) groups excluding carboxylic acids is 1. The van der Waals surface area contributed by atoms with Crippen LogP contribution in [0, 0.1) is 0 Å². The Morgan fingerprint density at radius 3 is 2.57 bits per heavy atom. The first kappa shape index (κ1) is 10.5. The van der Waals surface area contributed by atoms with Gasteiger partial charge in [-0.2, -0.15) is 0 Å². The summed E-state index contributed by atoms with van der Waals surface area (Å²) in [5.74, 6) is 0.414. The molecule has 1 aromatic rings. The van der Waals surface area contributed by atoms with Crippen LogP contribution in [0.1, 0.15) is 10.4 Å². The number of benzene rings is 1. The SMILES string of the molecule is COc1ccc(C(=O)NCCF)cc1. The molecule has 0 aliphatic carbocycles. The molecule has 1 N–H and O–H groups in total. The largest absolute Gasteiger partial charge is 0.497 e. The Labute approximate surface area is 81.9 Å². The van der Waals surface area contributed by atoms with Gasteiger partial charge in [0.2, 0.25) is 0 Å². The van der Waals surface area contributed by atoms with E-state index in [9.17, 15) is 9.18 Å². The molecule has 0 saturated heterocycles. The van der Waals surface area contributed by atoms with Crippen LogP contribution in [-0.2, 0) is 0 Å². The molecule has 0 aromatic heterocycles. The number of rotatable bonds is 4. The fourth-order valence-corrected chi connectivity index (χ4v) is 1.01. The molecule has 0 aliphatic heterocycles. The van der Waals surface area contributed by atoms with Crippen molar-refractivity contribution in [3.8, 4) is 5.75 Å². The normalized spacial score (nSPS) is 9.57. The summed E-state index contributed by atoms with van der Waals surface area (Å²) >= 11 is 0. The Kier molecular flexibility index (Phi) is 3.91. The molecule has 1 aromatic carbocycles. The maximum Gasteiger partial charge on any atom is 0.251 e. The minimum absolute atomic E-state index is 0.0465. The Balaban J connectivity index is 2.62. The van der Waals surface area contributed by atoms with Crippen LogP contribution in [0.5, 0.6) is 5.75 Å². The lowest BCUT2D eigenvalue weighted by Crippen LogP contribution is -2.25. The molecule has 1 amide bonds. The molecule has 0 spiro atoms. The highest BCUT2D eigenvalue weighted by Crippen LogP contribution is 2.10. The van der Waals surface area contributed by atoms with E-state index in [0.717, 1.165) is 0 Å². The molecule has 76 valence electrons. The van der Waals surface area contributed by atoms with Gasteiger partial charge < -0.3 is 10.1 Å². The number of methoxy groups -OCH3 is 1. The topological polar surface area (TPSA) is 38.3 Å². The summed E-state index contributed by atoms with van der Waals surface area (Å²) in [6.07, 6.45) is 0. The van der Waals surface area contributed by atoms with E-state index in [2.05, 4.69) is 5.32 Å². The van der Waals surface area contributed by atoms with Gasteiger partial charge in [-0.3, -0.25) is 4.79 Å². The molecule has 1 rings (SSSR count). The molecule has 0 atom stereocenters. The number of hydrogen-bond acceptors (Lipinski definition) is 2. The maximum atomic E-state index is 11.8. The highest BCUT2D eigenvalue weighted by Gasteiger charge is 2.03. The van der Waals surface area contributed by atoms with Crippen LogP contribution < -0.4 is 10.1 Å². The highest BCUT2D eigenvalue weighted by molar-refractivity contribution is 5.94. The van der Waals surface area contributed by atoms with Crippen LogP contribution in [0.3, 0.4) is 0 Å². The van der Waals surface area contributed by atoms with E-state index in [1.807, 2.05) is 0 Å². The third kappa shape index (κ3) is 2.73. The van der Waals surface area contributed by atoms with Crippen molar-refractivity contribution in [3.05, 3.63) is 29.8 Å². The van der Waals surface area contributed by atoms with E-state index in [0.29, 0.717) is 11.3 Å². The molecule has 0 saturated carbocycles. The van der Waals surface area contributed by atoms with Crippen molar-refractivity contribution < 1.29 is 13.9 Å². The zero-order valence-corrected chi connectivity index (χ0v) is 7.92. The third-order valence-corrected chi connectivity index (χ3v) is 1.73. The van der Waals surface area contributed by atoms with E-state index in [4.69, 9.17) is 4.74 Å². The molecule has 4 heteroatoms. The molecular weight excluding hydrogens is 185 g/mol. The van der Waals surface area contributed by atoms with E-state index < -0.39 is 6.67 Å². The minimum atomic E-state index is -0.554. The van der Waals surface area contributed by atoms with Crippen LogP contribution in [0.4, 0.5) is 4.39 Å². The van der Waals surface area contributed by atoms with Gasteiger partial charge in [0, 0.05) is 12.1 Å². The van der Waals surface area contributed by atoms with Gasteiger partial charge in [-0.25, -0.2) is 4.39 Å². The summed E-state index contributed by atoms with van der Waals surface area (Å²) in [6.45, 7) is -0.507. The molecular formula is C10H12FNO2. The molecule has 0 radical (unpaired) electrons. The monoisotopic (exact) mass is 197 g/mol. The van der Waals surface area contributed by atoms with Crippen LogP contribution in [0.25, 0.3) is 0 Å². The number of carbonyl (C=O) groups is 1. The molecule has 14 heavy (non-hydrogen) atoms. The maximum absolute atomic E-state index is 11.8. The van der Waals surface area contributed by atoms with E-state index in [1.54, 1.807) is 31.4 Å². The Morgan fingerprint density at radius 1 is 1.43 bits per heavy atom. The lowest BCUT2D eigenvalue weighted by atomic mass is 10.2. The first-order valence-electron chi connectivity index (χ1n) is 4.26. The predicted octanol–water partition coefficient (Wildman–Crippen LogP) is 1.39. The number of amides is 1. The standard InChI is InChI=1S/C10H12FNO2/c1-14-9-4-2-8(3-5-9)10(13)12-7-6-11/h2-5H,6-7H2,1H3,(H,12,13). The van der Waals surface area contributed by atoms with Crippen molar-refractivity contribution in [2.24, 2.45) is 0 Å². The predicted molar refractivity (Wildman–Crippen MR) is 51.3 cm³/mol. The molecule has 3 nitrogen and oxygen atoms in total. The summed E-state index contributed by atoms with van der Waals surface area (Å²) in [5.41, 5.74) is 0.499. The van der Waals surface area contributed by atoms with E-state index >= 15 is 0 Å². The Morgan fingerprint density at radius 2 is 2.07 bits per heavy atom. The second-order valence-electron chi connectivity index (χ2n) is 2.67. The number of hydrogen-bond donors (Lipinski definition) is 1. The summed E-state index contributed by atoms with van der Waals surface area (Å²) in [4.78, 5) is 11.3. The van der Waals surface area contributed by atoms with Gasteiger partial charge in [-0.15, -0.1) is 0 Å². The molecule has 0 heterocycles. The van der Waals surface area contributed by atoms with Crippen molar-refractivity contribution in [2.75, 3.05) is 20.3 Å². The zero-order chi connectivity index (χ0) is 10.4. The molecule has 0 fully saturated rings. The van der Waals surface area contributed by atoms with Crippen molar-refractivity contribution in [3.63, 3.8) is 0 Å². The van der Waals surface area contributed by atoms with Crippen molar-refractivity contribution in [1.82, 2.24) is 5.32 Å². The Bertz CT molecular complexity index is 297. The van der Waals surface area contributed by atoms with Crippen molar-refractivity contribution >= 4 is 5.91 Å². The number of halogens is 1. The quantitative estimate of drug-likeness (QED) is 0.792. The summed E-state index contributed by atoms with van der Waals surface area (Å²) in [7, 11) is 1.55. The lowest BCUT2D eigenvalue weighted by molar-refractivity contribution is 0.0951. The van der Waals surface area contributed by atoms with Crippen LogP contribution >= 0.6 is 0 Å². The average Bonchev–Trinajstić information content (AvgIpc) is 2.26. The average molecular weight is 197 g/mol. The summed E-state index contributed by atoms with van der Waals surface area (Å²) in [6, 6.07) is 6.63. The molecule has 0 unspecified atom stereocenters. The van der Waals surface area contributed by atoms with Crippen LogP contribution in [-0.4, -0.2) is 26.2 Å². The third-order valence-electron chi connectivity index (χ3n) is 1.73. The van der Waals surface area contributed by atoms with Gasteiger partial charge in [-0.1, -0.05) is 0 Å². The number of ether oxygens (including phenoxy) is 1. The van der Waals surface area contributed by atoms with E-state index in [1.165, 1.54) is 0 Å². The number of nitrogens with one attached hydrogen (secondary N) is 1. The van der Waals surface area contributed by atoms with Gasteiger partial charge in [0.15, 0.2) is 0 Å². The minimum Gasteiger partial charge on any atom is -0.497 e. The van der Waals surface area contributed by atoms with Crippen LogP contribution in [0.15, 0.2) is 24.3 Å². The van der Waals surface area contributed by atoms with Crippen LogP contribution in [0.2, 0.25) is 0 Å². The summed E-state index contributed by atoms with van der Waals surface area (Å²) in [5, 5.41) is 2.43. The van der Waals surface area contributed by atoms with Gasteiger partial charge in [0.05, 0.1) is 7.11 Å². The van der Waals surface area contributed by atoms with Gasteiger partial charge >= 0.3 is 0 Å². The smallest absolute Gasteiger partial charge is 0.251 e. The summed E-state index contributed by atoms with van der Waals surface area (Å²) < 4.78 is 16.7. The fourth-order valence-electron chi connectivity index (χ4n) is 1.01. The number of alkyl halides is 1. The fraction of sp³-hybridized carbons (Fsp3) is 0.300. The second kappa shape index (κ2) is 5.21. The van der Waals surface area contributed by atoms with Gasteiger partial charge in [0.1, 0.15) is 12.4 Å².